The Morgan fingerprint density at radius 3 is 2.45 bits per heavy atom. The van der Waals surface area contributed by atoms with Crippen LogP contribution in [0.3, 0.4) is 0 Å². The highest BCUT2D eigenvalue weighted by Gasteiger charge is 2.24. The molecule has 0 spiro atoms. The number of hydrogen-bond acceptors (Lipinski definition) is 3. The molecule has 0 saturated carbocycles. The van der Waals surface area contributed by atoms with Crippen molar-refractivity contribution >= 4 is 0 Å². The minimum absolute atomic E-state index is 0.217. The smallest absolute Gasteiger partial charge is 0.0766 e. The van der Waals surface area contributed by atoms with E-state index in [4.69, 9.17) is 0 Å². The minimum Gasteiger partial charge on any atom is -0.389 e. The molecule has 0 fully saturated rings. The normalized spacial score (nSPS) is 14.3. The van der Waals surface area contributed by atoms with Crippen LogP contribution in [0.25, 0.3) is 5.69 Å². The molecule has 0 aliphatic heterocycles. The van der Waals surface area contributed by atoms with E-state index in [0.29, 0.717) is 13.1 Å². The zero-order valence-corrected chi connectivity index (χ0v) is 14.2. The maximum absolute atomic E-state index is 10.3. The Morgan fingerprint density at radius 2 is 1.86 bits per heavy atom. The number of nitrogens with zero attached hydrogens (tertiary/aromatic N) is 2. The summed E-state index contributed by atoms with van der Waals surface area (Å²) < 4.78 is 1.98. The summed E-state index contributed by atoms with van der Waals surface area (Å²) in [6.07, 6.45) is 0. The standard InChI is InChI=1S/C18H27N3O/c1-13(2)18(5,22)12-19-11-17-14(3)20-21(15(17)4)16-9-7-6-8-10-16/h6-10,13,19,22H,11-12H2,1-5H3. The van der Waals surface area contributed by atoms with E-state index < -0.39 is 5.60 Å². The molecule has 1 unspecified atom stereocenters. The number of aromatic nitrogens is 2. The van der Waals surface area contributed by atoms with Crippen molar-refractivity contribution in [3.05, 3.63) is 47.3 Å². The van der Waals surface area contributed by atoms with Crippen LogP contribution in [0, 0.1) is 19.8 Å². The molecule has 1 aromatic heterocycles. The SMILES string of the molecule is Cc1nn(-c2ccccc2)c(C)c1CNCC(C)(O)C(C)C. The molecular weight excluding hydrogens is 274 g/mol. The second-order valence-electron chi connectivity index (χ2n) is 6.51. The molecule has 2 rings (SSSR count). The van der Waals surface area contributed by atoms with Gasteiger partial charge in [0.1, 0.15) is 0 Å². The van der Waals surface area contributed by atoms with Crippen molar-refractivity contribution in [2.45, 2.75) is 46.8 Å². The van der Waals surface area contributed by atoms with E-state index >= 15 is 0 Å². The summed E-state index contributed by atoms with van der Waals surface area (Å²) in [6, 6.07) is 10.2. The first-order chi connectivity index (χ1) is 10.3. The van der Waals surface area contributed by atoms with E-state index in [1.807, 2.05) is 50.6 Å². The van der Waals surface area contributed by atoms with Crippen molar-refractivity contribution in [2.75, 3.05) is 6.54 Å². The van der Waals surface area contributed by atoms with Crippen LogP contribution in [0.4, 0.5) is 0 Å². The molecule has 1 atom stereocenters. The average molecular weight is 301 g/mol. The number of aryl methyl sites for hydroxylation is 1. The van der Waals surface area contributed by atoms with Crippen LogP contribution in [-0.2, 0) is 6.54 Å². The van der Waals surface area contributed by atoms with Gasteiger partial charge in [-0.05, 0) is 38.8 Å². The fourth-order valence-electron chi connectivity index (χ4n) is 2.40. The van der Waals surface area contributed by atoms with E-state index in [1.165, 1.54) is 5.56 Å². The van der Waals surface area contributed by atoms with E-state index in [-0.39, 0.29) is 5.92 Å². The number of benzene rings is 1. The molecule has 4 nitrogen and oxygen atoms in total. The van der Waals surface area contributed by atoms with Gasteiger partial charge in [0.15, 0.2) is 0 Å². The Balaban J connectivity index is 2.12. The van der Waals surface area contributed by atoms with Gasteiger partial charge in [0.05, 0.1) is 17.0 Å². The molecule has 4 heteroatoms. The Hall–Kier alpha value is -1.65. The topological polar surface area (TPSA) is 50.1 Å². The lowest BCUT2D eigenvalue weighted by atomic mass is 9.92. The summed E-state index contributed by atoms with van der Waals surface area (Å²) in [5.41, 5.74) is 3.74. The first kappa shape index (κ1) is 16.7. The fourth-order valence-corrected chi connectivity index (χ4v) is 2.40. The third-order valence-corrected chi connectivity index (χ3v) is 4.47. The molecule has 0 radical (unpaired) electrons. The average Bonchev–Trinajstić information content (AvgIpc) is 2.76. The highest BCUT2D eigenvalue weighted by atomic mass is 16.3. The van der Waals surface area contributed by atoms with Gasteiger partial charge in [0.25, 0.3) is 0 Å². The third-order valence-electron chi connectivity index (χ3n) is 4.47. The van der Waals surface area contributed by atoms with E-state index in [0.717, 1.165) is 17.1 Å². The first-order valence-electron chi connectivity index (χ1n) is 7.86. The van der Waals surface area contributed by atoms with E-state index in [2.05, 4.69) is 29.5 Å². The molecule has 0 amide bonds. The van der Waals surface area contributed by atoms with Crippen molar-refractivity contribution in [2.24, 2.45) is 5.92 Å². The molecule has 120 valence electrons. The van der Waals surface area contributed by atoms with Gasteiger partial charge in [-0.3, -0.25) is 0 Å². The Kier molecular flexibility index (Phi) is 5.04. The van der Waals surface area contributed by atoms with Crippen molar-refractivity contribution in [1.29, 1.82) is 0 Å². The van der Waals surface area contributed by atoms with Gasteiger partial charge in [-0.25, -0.2) is 4.68 Å². The molecule has 2 N–H and O–H groups in total. The van der Waals surface area contributed by atoms with Crippen molar-refractivity contribution in [1.82, 2.24) is 15.1 Å². The van der Waals surface area contributed by atoms with Crippen molar-refractivity contribution < 1.29 is 5.11 Å². The molecule has 2 aromatic rings. The van der Waals surface area contributed by atoms with Gasteiger partial charge in [0, 0.05) is 24.3 Å². The third kappa shape index (κ3) is 3.57. The predicted molar refractivity (Wildman–Crippen MR) is 90.2 cm³/mol. The number of aliphatic hydroxyl groups is 1. The van der Waals surface area contributed by atoms with Crippen molar-refractivity contribution in [3.8, 4) is 5.69 Å². The zero-order valence-electron chi connectivity index (χ0n) is 14.2. The van der Waals surface area contributed by atoms with Gasteiger partial charge in [-0.1, -0.05) is 32.0 Å². The second kappa shape index (κ2) is 6.63. The monoisotopic (exact) mass is 301 g/mol. The summed E-state index contributed by atoms with van der Waals surface area (Å²) in [5.74, 6) is 0.217. The van der Waals surface area contributed by atoms with Crippen molar-refractivity contribution in [3.63, 3.8) is 0 Å². The van der Waals surface area contributed by atoms with E-state index in [9.17, 15) is 5.11 Å². The number of nitrogens with one attached hydrogen (secondary N) is 1. The Labute approximate surface area is 133 Å². The second-order valence-corrected chi connectivity index (χ2v) is 6.51. The summed E-state index contributed by atoms with van der Waals surface area (Å²) in [6.45, 7) is 11.3. The van der Waals surface area contributed by atoms with Crippen LogP contribution in [0.15, 0.2) is 30.3 Å². The highest BCUT2D eigenvalue weighted by Crippen LogP contribution is 2.19. The van der Waals surface area contributed by atoms with Gasteiger partial charge in [-0.15, -0.1) is 0 Å². The lowest BCUT2D eigenvalue weighted by Crippen LogP contribution is -2.42. The Bertz CT molecular complexity index is 615. The minimum atomic E-state index is -0.697. The lowest BCUT2D eigenvalue weighted by molar-refractivity contribution is 0.0139. The van der Waals surface area contributed by atoms with Gasteiger partial charge < -0.3 is 10.4 Å². The van der Waals surface area contributed by atoms with Crippen LogP contribution in [0.1, 0.15) is 37.7 Å². The van der Waals surface area contributed by atoms with Crippen LogP contribution < -0.4 is 5.32 Å². The molecule has 0 bridgehead atoms. The summed E-state index contributed by atoms with van der Waals surface area (Å²) in [7, 11) is 0. The molecule has 1 heterocycles. The predicted octanol–water partition coefficient (Wildman–Crippen LogP) is 2.99. The molecular formula is C18H27N3O. The van der Waals surface area contributed by atoms with Crippen LogP contribution in [0.2, 0.25) is 0 Å². The first-order valence-corrected chi connectivity index (χ1v) is 7.86. The van der Waals surface area contributed by atoms with Gasteiger partial charge >= 0.3 is 0 Å². The molecule has 22 heavy (non-hydrogen) atoms. The van der Waals surface area contributed by atoms with Gasteiger partial charge in [0.2, 0.25) is 0 Å². The largest absolute Gasteiger partial charge is 0.389 e. The molecule has 1 aromatic carbocycles. The maximum Gasteiger partial charge on any atom is 0.0766 e. The van der Waals surface area contributed by atoms with Crippen LogP contribution in [0.5, 0.6) is 0 Å². The number of para-hydroxylation sites is 1. The number of hydrogen-bond donors (Lipinski definition) is 2. The van der Waals surface area contributed by atoms with Crippen LogP contribution in [-0.4, -0.2) is 27.0 Å². The fraction of sp³-hybridized carbons (Fsp3) is 0.500. The van der Waals surface area contributed by atoms with E-state index in [1.54, 1.807) is 0 Å². The summed E-state index contributed by atoms with van der Waals surface area (Å²) >= 11 is 0. The molecule has 0 saturated heterocycles. The number of rotatable bonds is 6. The summed E-state index contributed by atoms with van der Waals surface area (Å²) in [5, 5.41) is 18.3. The van der Waals surface area contributed by atoms with Crippen LogP contribution >= 0.6 is 0 Å². The highest BCUT2D eigenvalue weighted by molar-refractivity contribution is 5.36. The van der Waals surface area contributed by atoms with Gasteiger partial charge in [-0.2, -0.15) is 5.10 Å². The maximum atomic E-state index is 10.3. The molecule has 0 aliphatic carbocycles. The quantitative estimate of drug-likeness (QED) is 0.862. The Morgan fingerprint density at radius 1 is 1.23 bits per heavy atom. The lowest BCUT2D eigenvalue weighted by Gasteiger charge is -2.28. The molecule has 0 aliphatic rings. The summed E-state index contributed by atoms with van der Waals surface area (Å²) in [4.78, 5) is 0. The zero-order chi connectivity index (χ0) is 16.3.